The molecule has 4 atom stereocenters. The van der Waals surface area contributed by atoms with Gasteiger partial charge in [0.05, 0.1) is 11.8 Å². The highest BCUT2D eigenvalue weighted by Gasteiger charge is 2.59. The molecule has 0 spiro atoms. The number of likely N-dealkylation sites (tertiary alicyclic amines) is 1. The van der Waals surface area contributed by atoms with E-state index in [1.165, 1.54) is 0 Å². The molecule has 3 rings (SSSR count). The molecule has 16 heavy (non-hydrogen) atoms. The Bertz CT molecular complexity index is 399. The topological polar surface area (TPSA) is 80.5 Å². The normalized spacial score (nSPS) is 39.6. The first-order valence-corrected chi connectivity index (χ1v) is 5.41. The van der Waals surface area contributed by atoms with Gasteiger partial charge in [-0.25, -0.2) is 0 Å². The van der Waals surface area contributed by atoms with Gasteiger partial charge in [0.25, 0.3) is 0 Å². The molecule has 1 saturated heterocycles. The summed E-state index contributed by atoms with van der Waals surface area (Å²) in [5.74, 6) is -1.17. The maximum Gasteiger partial charge on any atom is 0.237 e. The Morgan fingerprint density at radius 3 is 2.19 bits per heavy atom. The van der Waals surface area contributed by atoms with Gasteiger partial charge in [-0.2, -0.15) is 0 Å². The fourth-order valence-corrected chi connectivity index (χ4v) is 3.28. The molecule has 3 aliphatic rings. The summed E-state index contributed by atoms with van der Waals surface area (Å²) >= 11 is 0. The fraction of sp³-hybridized carbons (Fsp3) is 0.545. The van der Waals surface area contributed by atoms with Crippen LogP contribution in [0.4, 0.5) is 0 Å². The Labute approximate surface area is 92.3 Å². The number of imide groups is 1. The SMILES string of the molecule is NC(=O)CN1C(=O)[C@H]2[C@H](C1=O)[C@H]1C=C[C@H]2C1. The van der Waals surface area contributed by atoms with Crippen molar-refractivity contribution in [2.75, 3.05) is 6.54 Å². The summed E-state index contributed by atoms with van der Waals surface area (Å²) < 4.78 is 0. The Hall–Kier alpha value is -1.65. The van der Waals surface area contributed by atoms with Crippen molar-refractivity contribution in [3.8, 4) is 0 Å². The minimum absolute atomic E-state index is 0.185. The van der Waals surface area contributed by atoms with Crippen LogP contribution >= 0.6 is 0 Å². The van der Waals surface area contributed by atoms with Crippen molar-refractivity contribution in [3.63, 3.8) is 0 Å². The van der Waals surface area contributed by atoms with E-state index < -0.39 is 5.91 Å². The van der Waals surface area contributed by atoms with Crippen molar-refractivity contribution in [3.05, 3.63) is 12.2 Å². The quantitative estimate of drug-likeness (QED) is 0.492. The van der Waals surface area contributed by atoms with Gasteiger partial charge in [-0.05, 0) is 18.3 Å². The van der Waals surface area contributed by atoms with Crippen LogP contribution in [0.2, 0.25) is 0 Å². The molecule has 2 aliphatic carbocycles. The summed E-state index contributed by atoms with van der Waals surface area (Å²) in [4.78, 5) is 35.8. The molecule has 5 heteroatoms. The summed E-state index contributed by atoms with van der Waals surface area (Å²) in [5, 5.41) is 0. The highest BCUT2D eigenvalue weighted by atomic mass is 16.2. The number of fused-ring (bicyclic) bond motifs is 5. The number of allylic oxidation sites excluding steroid dienone is 2. The second-order valence-corrected chi connectivity index (χ2v) is 4.73. The Morgan fingerprint density at radius 1 is 1.25 bits per heavy atom. The largest absolute Gasteiger partial charge is 0.368 e. The molecule has 1 aliphatic heterocycles. The fourth-order valence-electron chi connectivity index (χ4n) is 3.28. The Morgan fingerprint density at radius 2 is 1.75 bits per heavy atom. The lowest BCUT2D eigenvalue weighted by atomic mass is 9.85. The van der Waals surface area contributed by atoms with Crippen molar-refractivity contribution in [2.24, 2.45) is 29.4 Å². The maximum absolute atomic E-state index is 12.0. The molecule has 2 bridgehead atoms. The van der Waals surface area contributed by atoms with Crippen LogP contribution in [0.15, 0.2) is 12.2 Å². The summed E-state index contributed by atoms with van der Waals surface area (Å²) in [5.41, 5.74) is 5.03. The first-order chi connectivity index (χ1) is 7.59. The number of carbonyl (C=O) groups excluding carboxylic acids is 3. The molecule has 84 valence electrons. The monoisotopic (exact) mass is 220 g/mol. The second-order valence-electron chi connectivity index (χ2n) is 4.73. The molecule has 5 nitrogen and oxygen atoms in total. The lowest BCUT2D eigenvalue weighted by molar-refractivity contribution is -0.143. The van der Waals surface area contributed by atoms with E-state index in [-0.39, 0.29) is 42.0 Å². The zero-order valence-corrected chi connectivity index (χ0v) is 8.63. The van der Waals surface area contributed by atoms with Crippen LogP contribution in [0.5, 0.6) is 0 Å². The minimum Gasteiger partial charge on any atom is -0.368 e. The first kappa shape index (κ1) is 9.57. The predicted molar refractivity (Wildman–Crippen MR) is 53.6 cm³/mol. The molecule has 3 amide bonds. The van der Waals surface area contributed by atoms with Crippen molar-refractivity contribution in [1.29, 1.82) is 0 Å². The third-order valence-electron chi connectivity index (χ3n) is 3.88. The molecular weight excluding hydrogens is 208 g/mol. The zero-order valence-electron chi connectivity index (χ0n) is 8.63. The molecule has 2 fully saturated rings. The third-order valence-corrected chi connectivity index (χ3v) is 3.88. The summed E-state index contributed by atoms with van der Waals surface area (Å²) in [7, 11) is 0. The van der Waals surface area contributed by atoms with E-state index in [4.69, 9.17) is 5.73 Å². The number of hydrogen-bond acceptors (Lipinski definition) is 3. The van der Waals surface area contributed by atoms with Gasteiger partial charge >= 0.3 is 0 Å². The summed E-state index contributed by atoms with van der Waals surface area (Å²) in [6.07, 6.45) is 4.94. The molecule has 1 heterocycles. The van der Waals surface area contributed by atoms with Crippen LogP contribution in [0.1, 0.15) is 6.42 Å². The van der Waals surface area contributed by atoms with Crippen LogP contribution < -0.4 is 5.73 Å². The van der Waals surface area contributed by atoms with Crippen LogP contribution in [0.3, 0.4) is 0 Å². The highest BCUT2D eigenvalue weighted by Crippen LogP contribution is 2.52. The van der Waals surface area contributed by atoms with Crippen molar-refractivity contribution in [1.82, 2.24) is 4.90 Å². The van der Waals surface area contributed by atoms with Crippen molar-refractivity contribution in [2.45, 2.75) is 6.42 Å². The van der Waals surface area contributed by atoms with Crippen LogP contribution in [0.25, 0.3) is 0 Å². The summed E-state index contributed by atoms with van der Waals surface area (Å²) in [6.45, 7) is -0.274. The first-order valence-electron chi connectivity index (χ1n) is 5.41. The minimum atomic E-state index is -0.637. The molecular formula is C11H12N2O3. The van der Waals surface area contributed by atoms with Crippen molar-refractivity contribution >= 4 is 17.7 Å². The molecule has 0 aromatic rings. The average molecular weight is 220 g/mol. The van der Waals surface area contributed by atoms with E-state index >= 15 is 0 Å². The summed E-state index contributed by atoms with van der Waals surface area (Å²) in [6, 6.07) is 0. The van der Waals surface area contributed by atoms with Gasteiger partial charge in [0.15, 0.2) is 0 Å². The molecule has 0 aromatic carbocycles. The molecule has 0 unspecified atom stereocenters. The van der Waals surface area contributed by atoms with Crippen molar-refractivity contribution < 1.29 is 14.4 Å². The van der Waals surface area contributed by atoms with Gasteiger partial charge in [-0.1, -0.05) is 12.2 Å². The van der Waals surface area contributed by atoms with Crippen LogP contribution in [-0.4, -0.2) is 29.2 Å². The van der Waals surface area contributed by atoms with E-state index in [0.717, 1.165) is 11.3 Å². The number of rotatable bonds is 2. The molecule has 0 radical (unpaired) electrons. The predicted octanol–water partition coefficient (Wildman–Crippen LogP) is -0.721. The van der Waals surface area contributed by atoms with Gasteiger partial charge in [0.2, 0.25) is 17.7 Å². The van der Waals surface area contributed by atoms with E-state index in [1.807, 2.05) is 12.2 Å². The number of nitrogens with two attached hydrogens (primary N) is 1. The smallest absolute Gasteiger partial charge is 0.237 e. The number of hydrogen-bond donors (Lipinski definition) is 1. The van der Waals surface area contributed by atoms with E-state index in [1.54, 1.807) is 0 Å². The molecule has 0 aromatic heterocycles. The highest BCUT2D eigenvalue weighted by molar-refractivity contribution is 6.08. The van der Waals surface area contributed by atoms with E-state index in [9.17, 15) is 14.4 Å². The van der Waals surface area contributed by atoms with Gasteiger partial charge in [-0.15, -0.1) is 0 Å². The van der Waals surface area contributed by atoms with Crippen LogP contribution in [0, 0.1) is 23.7 Å². The lowest BCUT2D eigenvalue weighted by Crippen LogP contribution is -2.39. The van der Waals surface area contributed by atoms with Gasteiger partial charge in [0.1, 0.15) is 6.54 Å². The Balaban J connectivity index is 1.91. The number of primary amides is 1. The molecule has 1 saturated carbocycles. The van der Waals surface area contributed by atoms with E-state index in [2.05, 4.69) is 0 Å². The van der Waals surface area contributed by atoms with Crippen LogP contribution in [-0.2, 0) is 14.4 Å². The zero-order chi connectivity index (χ0) is 11.4. The standard InChI is InChI=1S/C11H12N2O3/c12-7(14)4-13-10(15)8-5-1-2-6(3-5)9(8)11(13)16/h1-2,5-6,8-9H,3-4H2,(H2,12,14)/t5-,6-,8+,9+/m0/s1. The number of nitrogens with zero attached hydrogens (tertiary/aromatic N) is 1. The maximum atomic E-state index is 12.0. The average Bonchev–Trinajstić information content (AvgIpc) is 2.87. The third kappa shape index (κ3) is 1.03. The Kier molecular flexibility index (Phi) is 1.75. The van der Waals surface area contributed by atoms with Gasteiger partial charge in [-0.3, -0.25) is 19.3 Å². The second kappa shape index (κ2) is 2.93. The van der Waals surface area contributed by atoms with Gasteiger partial charge in [0, 0.05) is 0 Å². The van der Waals surface area contributed by atoms with Gasteiger partial charge < -0.3 is 5.73 Å². The number of amides is 3. The number of carbonyl (C=O) groups is 3. The molecule has 2 N–H and O–H groups in total. The lowest BCUT2D eigenvalue weighted by Gasteiger charge is -2.14. The van der Waals surface area contributed by atoms with E-state index in [0.29, 0.717) is 0 Å².